The van der Waals surface area contributed by atoms with Crippen molar-refractivity contribution in [3.8, 4) is 0 Å². The standard InChI is InChI=1S/C13H19N3O4S.ClH/c1-9-6-12(16(17)18)7-13(11(9)3)21(19,20)15-5-4-14-10(2)8-15;/h6-7,10,14H,4-5,8H2,1-3H3;1H/t10-;/m0./s1. The fourth-order valence-corrected chi connectivity index (χ4v) is 4.28. The van der Waals surface area contributed by atoms with Crippen LogP contribution in [0.5, 0.6) is 0 Å². The third kappa shape index (κ3) is 3.57. The van der Waals surface area contributed by atoms with Gasteiger partial charge >= 0.3 is 0 Å². The molecule has 1 N–H and O–H groups in total. The largest absolute Gasteiger partial charge is 0.312 e. The van der Waals surface area contributed by atoms with Crippen molar-refractivity contribution >= 4 is 28.1 Å². The Morgan fingerprint density at radius 1 is 1.36 bits per heavy atom. The number of piperazine rings is 1. The maximum atomic E-state index is 12.8. The molecule has 0 aromatic heterocycles. The van der Waals surface area contributed by atoms with Gasteiger partial charge in [-0.15, -0.1) is 12.4 Å². The predicted octanol–water partition coefficient (Wildman–Crippen LogP) is 1.62. The van der Waals surface area contributed by atoms with Gasteiger partial charge in [0.2, 0.25) is 10.0 Å². The Balaban J connectivity index is 0.00000242. The van der Waals surface area contributed by atoms with Crippen LogP contribution in [0.15, 0.2) is 17.0 Å². The highest BCUT2D eigenvalue weighted by atomic mass is 35.5. The van der Waals surface area contributed by atoms with Gasteiger partial charge in [0, 0.05) is 37.8 Å². The lowest BCUT2D eigenvalue weighted by Crippen LogP contribution is -2.51. The summed E-state index contributed by atoms with van der Waals surface area (Å²) in [4.78, 5) is 10.4. The second-order valence-corrected chi connectivity index (χ2v) is 7.27. The molecule has 1 aromatic carbocycles. The summed E-state index contributed by atoms with van der Waals surface area (Å²) >= 11 is 0. The number of benzene rings is 1. The normalized spacial score (nSPS) is 19.5. The van der Waals surface area contributed by atoms with E-state index in [1.165, 1.54) is 10.4 Å². The van der Waals surface area contributed by atoms with E-state index in [-0.39, 0.29) is 29.0 Å². The van der Waals surface area contributed by atoms with Crippen LogP contribution in [0.4, 0.5) is 5.69 Å². The summed E-state index contributed by atoms with van der Waals surface area (Å²) in [5.74, 6) is 0. The first kappa shape index (κ1) is 18.8. The number of hydrogen-bond donors (Lipinski definition) is 1. The van der Waals surface area contributed by atoms with Gasteiger partial charge in [-0.2, -0.15) is 4.31 Å². The molecule has 0 saturated carbocycles. The molecular formula is C13H20ClN3O4S. The van der Waals surface area contributed by atoms with Crippen LogP contribution in [-0.2, 0) is 10.0 Å². The second-order valence-electron chi connectivity index (χ2n) is 5.36. The summed E-state index contributed by atoms with van der Waals surface area (Å²) in [6.07, 6.45) is 0. The smallest absolute Gasteiger partial charge is 0.271 e. The van der Waals surface area contributed by atoms with Crippen LogP contribution >= 0.6 is 12.4 Å². The van der Waals surface area contributed by atoms with Crippen molar-refractivity contribution in [3.63, 3.8) is 0 Å². The van der Waals surface area contributed by atoms with E-state index < -0.39 is 14.9 Å². The van der Waals surface area contributed by atoms with E-state index in [0.717, 1.165) is 6.07 Å². The molecule has 0 bridgehead atoms. The van der Waals surface area contributed by atoms with E-state index in [1.54, 1.807) is 13.8 Å². The summed E-state index contributed by atoms with van der Waals surface area (Å²) in [5, 5.41) is 14.1. The van der Waals surface area contributed by atoms with Crippen LogP contribution in [0.1, 0.15) is 18.1 Å². The minimum atomic E-state index is -3.72. The maximum absolute atomic E-state index is 12.8. The number of nitrogens with zero attached hydrogens (tertiary/aromatic N) is 2. The maximum Gasteiger partial charge on any atom is 0.271 e. The average Bonchev–Trinajstić information content (AvgIpc) is 2.41. The van der Waals surface area contributed by atoms with Gasteiger partial charge in [-0.3, -0.25) is 10.1 Å². The molecule has 0 amide bonds. The number of halogens is 1. The van der Waals surface area contributed by atoms with Crippen LogP contribution < -0.4 is 5.32 Å². The molecule has 0 radical (unpaired) electrons. The Morgan fingerprint density at radius 3 is 2.55 bits per heavy atom. The molecular weight excluding hydrogens is 330 g/mol. The Kier molecular flexibility index (Phi) is 5.91. The molecule has 7 nitrogen and oxygen atoms in total. The Morgan fingerprint density at radius 2 is 2.00 bits per heavy atom. The zero-order valence-electron chi connectivity index (χ0n) is 12.7. The van der Waals surface area contributed by atoms with Crippen molar-refractivity contribution in [2.24, 2.45) is 0 Å². The van der Waals surface area contributed by atoms with Crippen molar-refractivity contribution < 1.29 is 13.3 Å². The summed E-state index contributed by atoms with van der Waals surface area (Å²) in [6, 6.07) is 2.62. The molecule has 22 heavy (non-hydrogen) atoms. The average molecular weight is 350 g/mol. The topological polar surface area (TPSA) is 92.5 Å². The third-order valence-corrected chi connectivity index (χ3v) is 5.76. The monoisotopic (exact) mass is 349 g/mol. The molecule has 2 rings (SSSR count). The van der Waals surface area contributed by atoms with E-state index in [9.17, 15) is 18.5 Å². The molecule has 1 saturated heterocycles. The molecule has 0 spiro atoms. The van der Waals surface area contributed by atoms with Gasteiger partial charge in [0.1, 0.15) is 0 Å². The molecule has 1 aliphatic heterocycles. The first-order valence-corrected chi connectivity index (χ1v) is 8.16. The fraction of sp³-hybridized carbons (Fsp3) is 0.538. The van der Waals surface area contributed by atoms with E-state index in [1.807, 2.05) is 6.92 Å². The van der Waals surface area contributed by atoms with E-state index >= 15 is 0 Å². The number of nitro benzene ring substituents is 1. The SMILES string of the molecule is Cc1cc([N+](=O)[O-])cc(S(=O)(=O)N2CCN[C@@H](C)C2)c1C.Cl. The molecule has 1 aliphatic rings. The quantitative estimate of drug-likeness (QED) is 0.661. The highest BCUT2D eigenvalue weighted by Gasteiger charge is 2.31. The van der Waals surface area contributed by atoms with Crippen LogP contribution in [0.2, 0.25) is 0 Å². The van der Waals surface area contributed by atoms with E-state index in [4.69, 9.17) is 0 Å². The van der Waals surface area contributed by atoms with Gasteiger partial charge in [0.15, 0.2) is 0 Å². The number of non-ortho nitro benzene ring substituents is 1. The van der Waals surface area contributed by atoms with Crippen molar-refractivity contribution in [3.05, 3.63) is 33.4 Å². The minimum absolute atomic E-state index is 0. The summed E-state index contributed by atoms with van der Waals surface area (Å²) in [5.41, 5.74) is 0.970. The Labute approximate surface area is 136 Å². The predicted molar refractivity (Wildman–Crippen MR) is 86.0 cm³/mol. The highest BCUT2D eigenvalue weighted by molar-refractivity contribution is 7.89. The van der Waals surface area contributed by atoms with Crippen molar-refractivity contribution in [1.82, 2.24) is 9.62 Å². The Bertz CT molecular complexity index is 678. The molecule has 1 heterocycles. The van der Waals surface area contributed by atoms with Gasteiger partial charge in [-0.1, -0.05) is 0 Å². The van der Waals surface area contributed by atoms with Gasteiger partial charge in [-0.25, -0.2) is 8.42 Å². The number of nitro groups is 1. The number of sulfonamides is 1. The highest BCUT2D eigenvalue weighted by Crippen LogP contribution is 2.28. The summed E-state index contributed by atoms with van der Waals surface area (Å²) in [6.45, 7) is 6.58. The van der Waals surface area contributed by atoms with Gasteiger partial charge < -0.3 is 5.32 Å². The first-order chi connectivity index (χ1) is 9.73. The number of aryl methyl sites for hydroxylation is 1. The van der Waals surface area contributed by atoms with Crippen LogP contribution in [0.25, 0.3) is 0 Å². The van der Waals surface area contributed by atoms with Crippen LogP contribution in [0, 0.1) is 24.0 Å². The van der Waals surface area contributed by atoms with Gasteiger partial charge in [0.05, 0.1) is 9.82 Å². The lowest BCUT2D eigenvalue weighted by molar-refractivity contribution is -0.385. The lowest BCUT2D eigenvalue weighted by atomic mass is 10.1. The zero-order chi connectivity index (χ0) is 15.8. The van der Waals surface area contributed by atoms with Gasteiger partial charge in [0.25, 0.3) is 5.69 Å². The minimum Gasteiger partial charge on any atom is -0.312 e. The van der Waals surface area contributed by atoms with Crippen molar-refractivity contribution in [2.75, 3.05) is 19.6 Å². The van der Waals surface area contributed by atoms with Crippen molar-refractivity contribution in [2.45, 2.75) is 31.7 Å². The molecule has 124 valence electrons. The second kappa shape index (κ2) is 6.91. The van der Waals surface area contributed by atoms with Crippen LogP contribution in [0.3, 0.4) is 0 Å². The fourth-order valence-electron chi connectivity index (χ4n) is 2.44. The lowest BCUT2D eigenvalue weighted by Gasteiger charge is -2.31. The summed E-state index contributed by atoms with van der Waals surface area (Å²) < 4.78 is 26.9. The van der Waals surface area contributed by atoms with Gasteiger partial charge in [-0.05, 0) is 31.9 Å². The van der Waals surface area contributed by atoms with E-state index in [2.05, 4.69) is 5.32 Å². The number of nitrogens with one attached hydrogen (secondary N) is 1. The number of rotatable bonds is 3. The molecule has 1 fully saturated rings. The molecule has 0 aliphatic carbocycles. The molecule has 9 heteroatoms. The third-order valence-electron chi connectivity index (χ3n) is 3.76. The molecule has 1 atom stereocenters. The van der Waals surface area contributed by atoms with Crippen molar-refractivity contribution in [1.29, 1.82) is 0 Å². The van der Waals surface area contributed by atoms with E-state index in [0.29, 0.717) is 30.8 Å². The number of hydrogen-bond acceptors (Lipinski definition) is 5. The Hall–Kier alpha value is -1.22. The van der Waals surface area contributed by atoms with Crippen LogP contribution in [-0.4, -0.2) is 43.3 Å². The summed E-state index contributed by atoms with van der Waals surface area (Å²) in [7, 11) is -3.72. The molecule has 0 unspecified atom stereocenters. The molecule has 1 aromatic rings. The zero-order valence-corrected chi connectivity index (χ0v) is 14.3. The first-order valence-electron chi connectivity index (χ1n) is 6.72.